The van der Waals surface area contributed by atoms with Crippen molar-refractivity contribution in [2.24, 2.45) is 5.41 Å². The van der Waals surface area contributed by atoms with Crippen molar-refractivity contribution in [1.29, 1.82) is 0 Å². The number of carbonyl (C=O) groups is 2. The van der Waals surface area contributed by atoms with Crippen molar-refractivity contribution in [3.63, 3.8) is 0 Å². The molecule has 0 bridgehead atoms. The van der Waals surface area contributed by atoms with Gasteiger partial charge in [0.1, 0.15) is 5.82 Å². The highest BCUT2D eigenvalue weighted by Gasteiger charge is 2.40. The average molecular weight is 292 g/mol. The molecule has 0 aromatic carbocycles. The first-order chi connectivity index (χ1) is 10.0. The molecule has 1 aromatic rings. The number of anilines is 1. The number of hydrogen-bond donors (Lipinski definition) is 1. The molecule has 2 heterocycles. The number of ether oxygens (including phenoxy) is 1. The third-order valence-electron chi connectivity index (χ3n) is 4.34. The lowest BCUT2D eigenvalue weighted by Gasteiger charge is -2.38. The Labute approximate surface area is 123 Å². The van der Waals surface area contributed by atoms with Crippen LogP contribution >= 0.6 is 0 Å². The van der Waals surface area contributed by atoms with Crippen LogP contribution in [0.1, 0.15) is 36.5 Å². The molecule has 1 fully saturated rings. The van der Waals surface area contributed by atoms with Crippen molar-refractivity contribution in [3.8, 4) is 0 Å². The highest BCUT2D eigenvalue weighted by atomic mass is 16.5. The average Bonchev–Trinajstić information content (AvgIpc) is 2.54. The van der Waals surface area contributed by atoms with Crippen LogP contribution in [-0.4, -0.2) is 42.2 Å². The maximum atomic E-state index is 11.5. The van der Waals surface area contributed by atoms with Gasteiger partial charge >= 0.3 is 11.9 Å². The summed E-state index contributed by atoms with van der Waals surface area (Å²) in [5.74, 6) is -0.432. The Morgan fingerprint density at radius 1 is 1.43 bits per heavy atom. The van der Waals surface area contributed by atoms with Crippen LogP contribution in [0.2, 0.25) is 0 Å². The van der Waals surface area contributed by atoms with Crippen LogP contribution in [-0.2, 0) is 9.53 Å². The zero-order valence-corrected chi connectivity index (χ0v) is 12.3. The van der Waals surface area contributed by atoms with E-state index in [1.165, 1.54) is 7.11 Å². The molecule has 0 atom stereocenters. The van der Waals surface area contributed by atoms with Crippen molar-refractivity contribution in [2.45, 2.75) is 26.2 Å². The summed E-state index contributed by atoms with van der Waals surface area (Å²) < 4.78 is 4.70. The van der Waals surface area contributed by atoms with Gasteiger partial charge in [-0.2, -0.15) is 0 Å². The lowest BCUT2D eigenvalue weighted by molar-refractivity contribution is -0.150. The van der Waals surface area contributed by atoms with Gasteiger partial charge in [-0.25, -0.2) is 9.78 Å². The smallest absolute Gasteiger partial charge is 0.338 e. The highest BCUT2D eigenvalue weighted by Crippen LogP contribution is 2.36. The number of carboxylic acid groups (broad SMARTS) is 1. The van der Waals surface area contributed by atoms with E-state index in [2.05, 4.69) is 4.98 Å². The molecule has 1 aromatic heterocycles. The monoisotopic (exact) mass is 292 g/mol. The van der Waals surface area contributed by atoms with E-state index >= 15 is 0 Å². The molecule has 114 valence electrons. The molecule has 0 unspecified atom stereocenters. The Bertz CT molecular complexity index is 536. The van der Waals surface area contributed by atoms with E-state index in [9.17, 15) is 14.7 Å². The summed E-state index contributed by atoms with van der Waals surface area (Å²) in [6.07, 6.45) is 3.37. The van der Waals surface area contributed by atoms with Gasteiger partial charge in [-0.1, -0.05) is 6.92 Å². The van der Waals surface area contributed by atoms with Gasteiger partial charge < -0.3 is 14.7 Å². The first-order valence-corrected chi connectivity index (χ1v) is 7.05. The maximum absolute atomic E-state index is 11.5. The van der Waals surface area contributed by atoms with Crippen LogP contribution in [0.5, 0.6) is 0 Å². The van der Waals surface area contributed by atoms with Crippen LogP contribution in [0.15, 0.2) is 18.3 Å². The number of esters is 1. The van der Waals surface area contributed by atoms with E-state index in [4.69, 9.17) is 4.74 Å². The Hall–Kier alpha value is -2.11. The summed E-state index contributed by atoms with van der Waals surface area (Å²) in [4.78, 5) is 29.3. The lowest BCUT2D eigenvalue weighted by atomic mass is 9.76. The minimum Gasteiger partial charge on any atom is -0.481 e. The number of aromatic nitrogens is 1. The molecule has 1 N–H and O–H groups in total. The number of rotatable bonds is 4. The second-order valence-corrected chi connectivity index (χ2v) is 5.32. The summed E-state index contributed by atoms with van der Waals surface area (Å²) in [6, 6.07) is 3.29. The quantitative estimate of drug-likeness (QED) is 0.854. The third kappa shape index (κ3) is 2.99. The summed E-state index contributed by atoms with van der Waals surface area (Å²) >= 11 is 0. The number of piperidine rings is 1. The minimum absolute atomic E-state index is 0.399. The fourth-order valence-electron chi connectivity index (χ4n) is 2.72. The van der Waals surface area contributed by atoms with Gasteiger partial charge in [-0.3, -0.25) is 4.79 Å². The van der Waals surface area contributed by atoms with E-state index < -0.39 is 17.4 Å². The summed E-state index contributed by atoms with van der Waals surface area (Å²) in [7, 11) is 1.34. The zero-order valence-electron chi connectivity index (χ0n) is 12.3. The molecule has 21 heavy (non-hydrogen) atoms. The first-order valence-electron chi connectivity index (χ1n) is 7.05. The molecule has 0 saturated carbocycles. The number of carboxylic acids is 1. The maximum Gasteiger partial charge on any atom is 0.338 e. The van der Waals surface area contributed by atoms with Gasteiger partial charge in [0.2, 0.25) is 0 Å². The van der Waals surface area contributed by atoms with Gasteiger partial charge in [0.15, 0.2) is 0 Å². The van der Waals surface area contributed by atoms with Gasteiger partial charge in [0.25, 0.3) is 0 Å². The van der Waals surface area contributed by atoms with Gasteiger partial charge in [0.05, 0.1) is 18.1 Å². The second kappa shape index (κ2) is 6.11. The predicted molar refractivity (Wildman–Crippen MR) is 77.4 cm³/mol. The predicted octanol–water partition coefficient (Wildman–Crippen LogP) is 1.95. The van der Waals surface area contributed by atoms with E-state index in [0.717, 1.165) is 0 Å². The van der Waals surface area contributed by atoms with Crippen LogP contribution < -0.4 is 4.90 Å². The number of methoxy groups -OCH3 is 1. The Balaban J connectivity index is 2.12. The molecule has 1 saturated heterocycles. The van der Waals surface area contributed by atoms with Gasteiger partial charge in [0, 0.05) is 19.3 Å². The number of aliphatic carboxylic acids is 1. The van der Waals surface area contributed by atoms with Crippen LogP contribution in [0.25, 0.3) is 0 Å². The van der Waals surface area contributed by atoms with Crippen molar-refractivity contribution in [1.82, 2.24) is 4.98 Å². The molecule has 0 radical (unpaired) electrons. The second-order valence-electron chi connectivity index (χ2n) is 5.32. The van der Waals surface area contributed by atoms with E-state index in [1.54, 1.807) is 18.3 Å². The Kier molecular flexibility index (Phi) is 4.45. The normalized spacial score (nSPS) is 17.3. The number of hydrogen-bond acceptors (Lipinski definition) is 5. The van der Waals surface area contributed by atoms with Gasteiger partial charge in [-0.15, -0.1) is 0 Å². The molecule has 0 amide bonds. The topological polar surface area (TPSA) is 79.7 Å². The molecule has 2 rings (SSSR count). The number of pyridine rings is 1. The van der Waals surface area contributed by atoms with Crippen molar-refractivity contribution in [2.75, 3.05) is 25.1 Å². The Morgan fingerprint density at radius 3 is 2.62 bits per heavy atom. The molecule has 1 aliphatic heterocycles. The molecular formula is C15H20N2O4. The van der Waals surface area contributed by atoms with Crippen LogP contribution in [0.3, 0.4) is 0 Å². The van der Waals surface area contributed by atoms with Crippen molar-refractivity contribution < 1.29 is 19.4 Å². The third-order valence-corrected chi connectivity index (χ3v) is 4.34. The fourth-order valence-corrected chi connectivity index (χ4v) is 2.72. The molecule has 0 spiro atoms. The van der Waals surface area contributed by atoms with E-state index in [1.807, 2.05) is 11.8 Å². The zero-order chi connectivity index (χ0) is 15.5. The molecule has 1 aliphatic rings. The van der Waals surface area contributed by atoms with Crippen molar-refractivity contribution >= 4 is 17.8 Å². The van der Waals surface area contributed by atoms with Crippen LogP contribution in [0.4, 0.5) is 5.82 Å². The standard InChI is InChI=1S/C15H20N2O4/c1-3-15(14(19)20)5-8-17(9-6-15)12-10-11(4-7-16-12)13(18)21-2/h4,7,10H,3,5-6,8-9H2,1-2H3,(H,19,20). The number of nitrogens with zero attached hydrogens (tertiary/aromatic N) is 2. The summed E-state index contributed by atoms with van der Waals surface area (Å²) in [6.45, 7) is 3.16. The molecule has 6 heteroatoms. The molecule has 6 nitrogen and oxygen atoms in total. The largest absolute Gasteiger partial charge is 0.481 e. The van der Waals surface area contributed by atoms with E-state index in [-0.39, 0.29) is 0 Å². The van der Waals surface area contributed by atoms with Gasteiger partial charge in [-0.05, 0) is 31.4 Å². The SMILES string of the molecule is CCC1(C(=O)O)CCN(c2cc(C(=O)OC)ccn2)CC1. The lowest BCUT2D eigenvalue weighted by Crippen LogP contribution is -2.44. The molecule has 0 aliphatic carbocycles. The van der Waals surface area contributed by atoms with Crippen molar-refractivity contribution in [3.05, 3.63) is 23.9 Å². The number of carbonyl (C=O) groups excluding carboxylic acids is 1. The van der Waals surface area contributed by atoms with E-state index in [0.29, 0.717) is 43.7 Å². The minimum atomic E-state index is -0.721. The highest BCUT2D eigenvalue weighted by molar-refractivity contribution is 5.90. The van der Waals surface area contributed by atoms with Crippen LogP contribution in [0, 0.1) is 5.41 Å². The summed E-state index contributed by atoms with van der Waals surface area (Å²) in [5.41, 5.74) is -0.177. The summed E-state index contributed by atoms with van der Waals surface area (Å²) in [5, 5.41) is 9.40. The first kappa shape index (κ1) is 15.3. The fraction of sp³-hybridized carbons (Fsp3) is 0.533. The molecular weight excluding hydrogens is 272 g/mol. The Morgan fingerprint density at radius 2 is 2.10 bits per heavy atom.